The first-order chi connectivity index (χ1) is 4.24. The average Bonchev–Trinajstić information content (AvgIpc) is 1.95. The molecule has 0 aliphatic carbocycles. The van der Waals surface area contributed by atoms with Crippen LogP contribution in [-0.4, -0.2) is 30.7 Å². The van der Waals surface area contributed by atoms with Crippen LogP contribution >= 0.6 is 0 Å². The van der Waals surface area contributed by atoms with Crippen LogP contribution in [0.2, 0.25) is 0 Å². The van der Waals surface area contributed by atoms with E-state index in [9.17, 15) is 0 Å². The second-order valence-electron chi connectivity index (χ2n) is 2.61. The second-order valence-corrected chi connectivity index (χ2v) is 2.61. The maximum absolute atomic E-state index is 2.27. The van der Waals surface area contributed by atoms with Gasteiger partial charge in [-0.05, 0) is 27.7 Å². The molecule has 0 bridgehead atoms. The smallest absolute Gasteiger partial charge is 0.0757 e. The number of hydrogen-bond acceptors (Lipinski definition) is 0. The van der Waals surface area contributed by atoms with Crippen LogP contribution in [0.5, 0.6) is 0 Å². The van der Waals surface area contributed by atoms with E-state index in [1.807, 2.05) is 0 Å². The van der Waals surface area contributed by atoms with E-state index in [1.165, 1.54) is 30.7 Å². The summed E-state index contributed by atoms with van der Waals surface area (Å²) in [6.07, 6.45) is 0. The fraction of sp³-hybridized carbons (Fsp3) is 1.00. The number of hydrogen-bond donors (Lipinski definition) is 0. The summed E-state index contributed by atoms with van der Waals surface area (Å²) in [6, 6.07) is 0. The Kier molecular flexibility index (Phi) is 8.13. The van der Waals surface area contributed by atoms with E-state index in [1.54, 1.807) is 0 Å². The first-order valence-corrected chi connectivity index (χ1v) is 4.09. The fourth-order valence-electron chi connectivity index (χ4n) is 1.34. The molecule has 0 saturated heterocycles. The molecule has 1 radical (unpaired) electrons. The van der Waals surface area contributed by atoms with Crippen LogP contribution in [0.4, 0.5) is 0 Å². The Morgan fingerprint density at radius 1 is 0.700 bits per heavy atom. The summed E-state index contributed by atoms with van der Waals surface area (Å²) >= 11 is 0. The molecule has 0 aliphatic rings. The minimum Gasteiger partial charge on any atom is -0.325 e. The average molecular weight is 194 g/mol. The molecule has 0 spiro atoms. The van der Waals surface area contributed by atoms with Crippen LogP contribution in [0.3, 0.4) is 0 Å². The minimum atomic E-state index is 0. The first-order valence-electron chi connectivity index (χ1n) is 4.09. The molecule has 0 fully saturated rings. The molecular formula is C8H20CuN+. The monoisotopic (exact) mass is 193 g/mol. The van der Waals surface area contributed by atoms with Crippen molar-refractivity contribution in [2.75, 3.05) is 26.2 Å². The van der Waals surface area contributed by atoms with Gasteiger partial charge in [0.1, 0.15) is 0 Å². The molecule has 0 saturated carbocycles. The summed E-state index contributed by atoms with van der Waals surface area (Å²) in [5.74, 6) is 0. The Hall–Kier alpha value is 0.479. The molecule has 0 N–H and O–H groups in total. The predicted octanol–water partition coefficient (Wildman–Crippen LogP) is 1.88. The molecule has 0 aromatic rings. The molecule has 0 rings (SSSR count). The molecule has 2 heteroatoms. The third kappa shape index (κ3) is 3.05. The standard InChI is InChI=1S/C8H20N.Cu/c1-5-9(6-2,7-3)8-4;/h5-8H2,1-4H3;/q+1;. The summed E-state index contributed by atoms with van der Waals surface area (Å²) in [6.45, 7) is 14.2. The summed E-state index contributed by atoms with van der Waals surface area (Å²) in [7, 11) is 0. The molecule has 1 nitrogen and oxygen atoms in total. The summed E-state index contributed by atoms with van der Waals surface area (Å²) in [4.78, 5) is 0. The predicted molar refractivity (Wildman–Crippen MR) is 42.4 cm³/mol. The molecular weight excluding hydrogens is 174 g/mol. The van der Waals surface area contributed by atoms with Gasteiger partial charge < -0.3 is 4.48 Å². The second kappa shape index (κ2) is 6.21. The zero-order valence-electron chi connectivity index (χ0n) is 7.58. The topological polar surface area (TPSA) is 0 Å². The first kappa shape index (κ1) is 13.1. The van der Waals surface area contributed by atoms with Crippen molar-refractivity contribution in [2.24, 2.45) is 0 Å². The maximum atomic E-state index is 2.27. The van der Waals surface area contributed by atoms with Crippen LogP contribution in [0.25, 0.3) is 0 Å². The summed E-state index contributed by atoms with van der Waals surface area (Å²) < 4.78 is 1.28. The van der Waals surface area contributed by atoms with Crippen molar-refractivity contribution >= 4 is 0 Å². The van der Waals surface area contributed by atoms with Crippen LogP contribution in [0.15, 0.2) is 0 Å². The third-order valence-electron chi connectivity index (χ3n) is 2.68. The normalized spacial score (nSPS) is 10.8. The van der Waals surface area contributed by atoms with Crippen molar-refractivity contribution < 1.29 is 21.6 Å². The Balaban J connectivity index is 0. The Morgan fingerprint density at radius 2 is 0.900 bits per heavy atom. The third-order valence-corrected chi connectivity index (χ3v) is 2.68. The maximum Gasteiger partial charge on any atom is 0.0757 e. The van der Waals surface area contributed by atoms with Crippen molar-refractivity contribution in [3.05, 3.63) is 0 Å². The van der Waals surface area contributed by atoms with Gasteiger partial charge in [-0.1, -0.05) is 0 Å². The van der Waals surface area contributed by atoms with E-state index in [0.29, 0.717) is 0 Å². The number of rotatable bonds is 4. The number of nitrogens with zero attached hydrogens (tertiary/aromatic N) is 1. The van der Waals surface area contributed by atoms with E-state index >= 15 is 0 Å². The van der Waals surface area contributed by atoms with E-state index < -0.39 is 0 Å². The molecule has 0 aliphatic heterocycles. The van der Waals surface area contributed by atoms with Crippen LogP contribution in [-0.2, 0) is 17.1 Å². The van der Waals surface area contributed by atoms with Gasteiger partial charge in [0.15, 0.2) is 0 Å². The van der Waals surface area contributed by atoms with Crippen LogP contribution < -0.4 is 0 Å². The Labute approximate surface area is 75.9 Å². The molecule has 0 unspecified atom stereocenters. The van der Waals surface area contributed by atoms with Crippen molar-refractivity contribution in [3.8, 4) is 0 Å². The minimum absolute atomic E-state index is 0. The van der Waals surface area contributed by atoms with E-state index in [-0.39, 0.29) is 17.1 Å². The van der Waals surface area contributed by atoms with E-state index in [2.05, 4.69) is 27.7 Å². The largest absolute Gasteiger partial charge is 0.325 e. The molecule has 10 heavy (non-hydrogen) atoms. The number of quaternary nitrogens is 1. The van der Waals surface area contributed by atoms with Crippen LogP contribution in [0.1, 0.15) is 27.7 Å². The van der Waals surface area contributed by atoms with Gasteiger partial charge in [0, 0.05) is 17.1 Å². The quantitative estimate of drug-likeness (QED) is 0.473. The molecule has 0 heterocycles. The van der Waals surface area contributed by atoms with Crippen molar-refractivity contribution in [1.82, 2.24) is 0 Å². The molecule has 0 aromatic carbocycles. The summed E-state index contributed by atoms with van der Waals surface area (Å²) in [5, 5.41) is 0. The molecule has 0 aromatic heterocycles. The van der Waals surface area contributed by atoms with Gasteiger partial charge in [-0.2, -0.15) is 0 Å². The van der Waals surface area contributed by atoms with Gasteiger partial charge in [-0.15, -0.1) is 0 Å². The van der Waals surface area contributed by atoms with Crippen molar-refractivity contribution in [3.63, 3.8) is 0 Å². The van der Waals surface area contributed by atoms with Crippen molar-refractivity contribution in [1.29, 1.82) is 0 Å². The van der Waals surface area contributed by atoms with Gasteiger partial charge in [0.2, 0.25) is 0 Å². The zero-order chi connectivity index (χ0) is 7.33. The van der Waals surface area contributed by atoms with Gasteiger partial charge in [0.25, 0.3) is 0 Å². The molecule has 67 valence electrons. The zero-order valence-corrected chi connectivity index (χ0v) is 8.52. The fourth-order valence-corrected chi connectivity index (χ4v) is 1.34. The Morgan fingerprint density at radius 3 is 0.900 bits per heavy atom. The Bertz CT molecular complexity index is 52.1. The van der Waals surface area contributed by atoms with E-state index in [4.69, 9.17) is 0 Å². The van der Waals surface area contributed by atoms with Crippen LogP contribution in [0, 0.1) is 0 Å². The van der Waals surface area contributed by atoms with Gasteiger partial charge in [0.05, 0.1) is 26.2 Å². The molecule has 0 atom stereocenters. The SMILES string of the molecule is CC[N+](CC)(CC)CC.[Cu]. The van der Waals surface area contributed by atoms with Gasteiger partial charge in [-0.3, -0.25) is 0 Å². The van der Waals surface area contributed by atoms with Crippen molar-refractivity contribution in [2.45, 2.75) is 27.7 Å². The molecule has 0 amide bonds. The summed E-state index contributed by atoms with van der Waals surface area (Å²) in [5.41, 5.74) is 0. The van der Waals surface area contributed by atoms with Gasteiger partial charge in [-0.25, -0.2) is 0 Å². The van der Waals surface area contributed by atoms with Gasteiger partial charge >= 0.3 is 0 Å². The van der Waals surface area contributed by atoms with E-state index in [0.717, 1.165) is 0 Å².